The van der Waals surface area contributed by atoms with Gasteiger partial charge in [0.15, 0.2) is 18.7 Å². The summed E-state index contributed by atoms with van der Waals surface area (Å²) in [4.78, 5) is 25.9. The number of hydrogen-bond acceptors (Lipinski definition) is 15. The molecule has 2 heterocycles. The van der Waals surface area contributed by atoms with E-state index in [0.717, 1.165) is 51.4 Å². The van der Waals surface area contributed by atoms with E-state index in [1.54, 1.807) is 0 Å². The van der Waals surface area contributed by atoms with Gasteiger partial charge in [0.2, 0.25) is 0 Å². The third-order valence-electron chi connectivity index (χ3n) is 14.7. The smallest absolute Gasteiger partial charge is 0.306 e. The minimum absolute atomic E-state index is 0.165. The Labute approximate surface area is 448 Å². The molecule has 7 N–H and O–H groups in total. The van der Waals surface area contributed by atoms with Crippen LogP contribution >= 0.6 is 0 Å². The number of rotatable bonds is 49. The van der Waals surface area contributed by atoms with Crippen molar-refractivity contribution in [3.63, 3.8) is 0 Å². The molecular formula is C59H110O15. The van der Waals surface area contributed by atoms with Crippen molar-refractivity contribution in [1.29, 1.82) is 0 Å². The van der Waals surface area contributed by atoms with Crippen LogP contribution in [0.3, 0.4) is 0 Å². The second-order valence-electron chi connectivity index (χ2n) is 21.5. The van der Waals surface area contributed by atoms with E-state index < -0.39 is 92.7 Å². The summed E-state index contributed by atoms with van der Waals surface area (Å²) in [6.45, 7) is 2.63. The number of esters is 2. The summed E-state index contributed by atoms with van der Waals surface area (Å²) >= 11 is 0. The molecule has 2 aliphatic heterocycles. The second-order valence-corrected chi connectivity index (χ2v) is 21.5. The van der Waals surface area contributed by atoms with Gasteiger partial charge < -0.3 is 64.2 Å². The summed E-state index contributed by atoms with van der Waals surface area (Å²) < 4.78 is 33.7. The Bertz CT molecular complexity index is 1340. The molecule has 74 heavy (non-hydrogen) atoms. The highest BCUT2D eigenvalue weighted by Crippen LogP contribution is 2.27. The lowest BCUT2D eigenvalue weighted by Gasteiger charge is -2.42. The Morgan fingerprint density at radius 1 is 0.419 bits per heavy atom. The minimum atomic E-state index is -1.76. The Balaban J connectivity index is 1.71. The average molecular weight is 1060 g/mol. The summed E-state index contributed by atoms with van der Waals surface area (Å²) in [6, 6.07) is 0. The van der Waals surface area contributed by atoms with Gasteiger partial charge in [0.1, 0.15) is 55.4 Å². The standard InChI is InChI=1S/C59H110O15/c1-3-5-7-9-11-13-15-17-19-20-21-22-23-24-25-26-28-29-31-33-35-37-39-41-50(61)69-44-47(72-51(62)42-40-38-36-34-32-30-27-18-16-14-12-10-8-6-4-2)45-70-58-57(68)55(66)53(64)49(74-58)46-71-59-56(67)54(65)52(63)48(43-60)73-59/h14,16,47-49,52-60,63-68H,3-13,15,17-46H2,1-2H3/b16-14+/t47-,48+,49+,52-,53-,54?,55?,56?,57?,58+,59+/m0/s1. The topological polar surface area (TPSA) is 231 Å². The molecule has 436 valence electrons. The van der Waals surface area contributed by atoms with E-state index in [9.17, 15) is 45.3 Å². The van der Waals surface area contributed by atoms with Crippen LogP contribution in [0.4, 0.5) is 0 Å². The highest BCUT2D eigenvalue weighted by molar-refractivity contribution is 5.70. The van der Waals surface area contributed by atoms with Crippen LogP contribution in [0.5, 0.6) is 0 Å². The lowest BCUT2D eigenvalue weighted by Crippen LogP contribution is -2.61. The average Bonchev–Trinajstić information content (AvgIpc) is 3.39. The highest BCUT2D eigenvalue weighted by atomic mass is 16.7. The van der Waals surface area contributed by atoms with Gasteiger partial charge in [-0.05, 0) is 38.5 Å². The van der Waals surface area contributed by atoms with E-state index in [4.69, 9.17) is 28.4 Å². The van der Waals surface area contributed by atoms with E-state index in [2.05, 4.69) is 26.0 Å². The number of carbonyl (C=O) groups is 2. The van der Waals surface area contributed by atoms with Crippen molar-refractivity contribution >= 4 is 11.9 Å². The van der Waals surface area contributed by atoms with Crippen LogP contribution in [0.25, 0.3) is 0 Å². The molecule has 0 amide bonds. The van der Waals surface area contributed by atoms with Gasteiger partial charge >= 0.3 is 11.9 Å². The van der Waals surface area contributed by atoms with Gasteiger partial charge in [-0.3, -0.25) is 9.59 Å². The fourth-order valence-electron chi connectivity index (χ4n) is 9.80. The Kier molecular flexibility index (Phi) is 42.7. The molecule has 2 rings (SSSR count). The maximum absolute atomic E-state index is 13.1. The monoisotopic (exact) mass is 1060 g/mol. The third-order valence-corrected chi connectivity index (χ3v) is 14.7. The number of carbonyl (C=O) groups excluding carboxylic acids is 2. The first-order chi connectivity index (χ1) is 36.0. The molecule has 0 radical (unpaired) electrons. The van der Waals surface area contributed by atoms with Gasteiger partial charge in [-0.1, -0.05) is 219 Å². The number of aliphatic hydroxyl groups is 7. The van der Waals surface area contributed by atoms with Gasteiger partial charge in [0.25, 0.3) is 0 Å². The molecule has 0 aromatic carbocycles. The maximum Gasteiger partial charge on any atom is 0.306 e. The third kappa shape index (κ3) is 32.9. The molecule has 15 heteroatoms. The predicted octanol–water partition coefficient (Wildman–Crippen LogP) is 10.5. The normalized spacial score (nSPS) is 24.7. The largest absolute Gasteiger partial charge is 0.462 e. The van der Waals surface area contributed by atoms with Gasteiger partial charge in [0, 0.05) is 12.8 Å². The van der Waals surface area contributed by atoms with E-state index in [1.165, 1.54) is 167 Å². The summed E-state index contributed by atoms with van der Waals surface area (Å²) in [5.41, 5.74) is 0. The minimum Gasteiger partial charge on any atom is -0.462 e. The van der Waals surface area contributed by atoms with Crippen LogP contribution in [0, 0.1) is 0 Å². The molecule has 0 saturated carbocycles. The maximum atomic E-state index is 13.1. The molecule has 0 spiro atoms. The molecule has 2 fully saturated rings. The number of hydrogen-bond donors (Lipinski definition) is 7. The highest BCUT2D eigenvalue weighted by Gasteiger charge is 2.47. The molecule has 0 aromatic rings. The molecule has 15 nitrogen and oxygen atoms in total. The first-order valence-electron chi connectivity index (χ1n) is 30.3. The molecule has 2 saturated heterocycles. The SMILES string of the molecule is CCCCCC/C=C/CCCCCCCCCC(=O)O[C@@H](COC(=O)CCCCCCCCCCCCCCCCCCCCCCCCC)CO[C@@H]1O[C@H](CO[C@@H]2O[C@H](CO)[C@H](O)C(O)C2O)[C@H](O)C(O)C1O. The van der Waals surface area contributed by atoms with Crippen molar-refractivity contribution in [3.8, 4) is 0 Å². The summed E-state index contributed by atoms with van der Waals surface area (Å²) in [5, 5.41) is 72.3. The molecule has 0 aliphatic carbocycles. The quantitative estimate of drug-likeness (QED) is 0.0171. The van der Waals surface area contributed by atoms with Crippen molar-refractivity contribution in [2.75, 3.05) is 26.4 Å². The first kappa shape index (κ1) is 68.3. The number of unbranched alkanes of at least 4 members (excludes halogenated alkanes) is 33. The van der Waals surface area contributed by atoms with E-state index in [-0.39, 0.29) is 26.1 Å². The van der Waals surface area contributed by atoms with Crippen molar-refractivity contribution in [2.45, 2.75) is 325 Å². The number of allylic oxidation sites excluding steroid dienone is 2. The number of ether oxygens (including phenoxy) is 6. The Hall–Kier alpha value is -1.76. The summed E-state index contributed by atoms with van der Waals surface area (Å²) in [5.74, 6) is -0.914. The lowest BCUT2D eigenvalue weighted by atomic mass is 9.98. The zero-order chi connectivity index (χ0) is 53.9. The number of aliphatic hydroxyl groups excluding tert-OH is 7. The zero-order valence-corrected chi connectivity index (χ0v) is 46.6. The van der Waals surface area contributed by atoms with Crippen LogP contribution in [0.2, 0.25) is 0 Å². The van der Waals surface area contributed by atoms with Crippen molar-refractivity contribution in [2.24, 2.45) is 0 Å². The van der Waals surface area contributed by atoms with Gasteiger partial charge in [-0.25, -0.2) is 0 Å². The molecule has 11 atom stereocenters. The molecule has 0 aromatic heterocycles. The second kappa shape index (κ2) is 46.2. The molecule has 4 unspecified atom stereocenters. The van der Waals surface area contributed by atoms with Crippen molar-refractivity contribution in [3.05, 3.63) is 12.2 Å². The van der Waals surface area contributed by atoms with E-state index >= 15 is 0 Å². The fourth-order valence-corrected chi connectivity index (χ4v) is 9.80. The van der Waals surface area contributed by atoms with Crippen LogP contribution < -0.4 is 0 Å². The van der Waals surface area contributed by atoms with Gasteiger partial charge in [-0.2, -0.15) is 0 Å². The van der Waals surface area contributed by atoms with Gasteiger partial charge in [0.05, 0.1) is 19.8 Å². The molecule has 0 bridgehead atoms. The van der Waals surface area contributed by atoms with Crippen LogP contribution in [0.1, 0.15) is 258 Å². The fraction of sp³-hybridized carbons (Fsp3) is 0.932. The molecular weight excluding hydrogens is 949 g/mol. The summed E-state index contributed by atoms with van der Waals surface area (Å²) in [6.07, 6.45) is 32.4. The Morgan fingerprint density at radius 3 is 1.20 bits per heavy atom. The van der Waals surface area contributed by atoms with Crippen LogP contribution in [-0.2, 0) is 38.0 Å². The van der Waals surface area contributed by atoms with Crippen molar-refractivity contribution in [1.82, 2.24) is 0 Å². The van der Waals surface area contributed by atoms with Crippen LogP contribution in [-0.4, -0.2) is 142 Å². The Morgan fingerprint density at radius 2 is 0.770 bits per heavy atom. The first-order valence-corrected chi connectivity index (χ1v) is 30.3. The van der Waals surface area contributed by atoms with Crippen LogP contribution in [0.15, 0.2) is 12.2 Å². The van der Waals surface area contributed by atoms with E-state index in [0.29, 0.717) is 12.8 Å². The molecule has 2 aliphatic rings. The summed E-state index contributed by atoms with van der Waals surface area (Å²) in [7, 11) is 0. The van der Waals surface area contributed by atoms with Crippen molar-refractivity contribution < 1.29 is 73.8 Å². The van der Waals surface area contributed by atoms with Gasteiger partial charge in [-0.15, -0.1) is 0 Å². The predicted molar refractivity (Wildman–Crippen MR) is 289 cm³/mol. The van der Waals surface area contributed by atoms with E-state index in [1.807, 2.05) is 0 Å². The zero-order valence-electron chi connectivity index (χ0n) is 46.6. The lowest BCUT2D eigenvalue weighted by molar-refractivity contribution is -0.332.